The van der Waals surface area contributed by atoms with E-state index in [1.54, 1.807) is 32.7 Å². The van der Waals surface area contributed by atoms with Gasteiger partial charge in [0.2, 0.25) is 11.8 Å². The number of anilines is 1. The number of halogens is 1. The zero-order valence-electron chi connectivity index (χ0n) is 20.7. The number of hydrogen-bond acceptors (Lipinski definition) is 5. The summed E-state index contributed by atoms with van der Waals surface area (Å²) in [6.07, 6.45) is 0. The lowest BCUT2D eigenvalue weighted by Crippen LogP contribution is -2.43. The van der Waals surface area contributed by atoms with Gasteiger partial charge in [0.25, 0.3) is 0 Å². The molecule has 0 saturated carbocycles. The number of fused-ring (bicyclic) bond motifs is 1. The predicted molar refractivity (Wildman–Crippen MR) is 146 cm³/mol. The largest absolute Gasteiger partial charge is 0.354 e. The van der Waals surface area contributed by atoms with Crippen LogP contribution in [0.5, 0.6) is 0 Å². The first-order valence-corrected chi connectivity index (χ1v) is 14.0. The molecule has 6 nitrogen and oxygen atoms in total. The van der Waals surface area contributed by atoms with Crippen LogP contribution in [0.3, 0.4) is 0 Å². The molecule has 35 heavy (non-hydrogen) atoms. The van der Waals surface area contributed by atoms with Crippen molar-refractivity contribution >= 4 is 52.3 Å². The molecule has 4 rings (SSSR count). The molecule has 2 amide bonds. The molecule has 0 fully saturated rings. The third-order valence-electron chi connectivity index (χ3n) is 5.66. The average molecular weight is 531 g/mol. The van der Waals surface area contributed by atoms with Crippen LogP contribution in [-0.4, -0.2) is 40.4 Å². The van der Waals surface area contributed by atoms with Crippen molar-refractivity contribution in [3.63, 3.8) is 0 Å². The second-order valence-electron chi connectivity index (χ2n) is 10.1. The Morgan fingerprint density at radius 1 is 1.26 bits per heavy atom. The fraction of sp³-hybridized carbons (Fsp3) is 0.423. The predicted octanol–water partition coefficient (Wildman–Crippen LogP) is 5.83. The van der Waals surface area contributed by atoms with Crippen LogP contribution < -0.4 is 10.2 Å². The second-order valence-corrected chi connectivity index (χ2v) is 12.6. The lowest BCUT2D eigenvalue weighted by Gasteiger charge is -2.24. The number of nitrogens with zero attached hydrogens (tertiary/aromatic N) is 3. The molecule has 0 radical (unpaired) electrons. The number of amides is 2. The SMILES string of the molecule is CC(C)CNC(=O)CN1C(=O)CSC(c2cccs2)c2c(C(C)(C)C)nn(-c3cccc(Cl)c3)c21. The van der Waals surface area contributed by atoms with Crippen LogP contribution in [0.4, 0.5) is 5.82 Å². The van der Waals surface area contributed by atoms with Crippen molar-refractivity contribution in [2.45, 2.75) is 45.3 Å². The number of hydrogen-bond donors (Lipinski definition) is 1. The van der Waals surface area contributed by atoms with Crippen LogP contribution in [0.15, 0.2) is 41.8 Å². The summed E-state index contributed by atoms with van der Waals surface area (Å²) in [5.41, 5.74) is 2.35. The Hall–Kier alpha value is -2.29. The van der Waals surface area contributed by atoms with Crippen molar-refractivity contribution in [1.29, 1.82) is 0 Å². The number of nitrogens with one attached hydrogen (secondary N) is 1. The molecule has 2 aromatic heterocycles. The minimum Gasteiger partial charge on any atom is -0.354 e. The number of thiophene rings is 1. The molecule has 0 spiro atoms. The van der Waals surface area contributed by atoms with Crippen molar-refractivity contribution in [2.75, 3.05) is 23.7 Å². The number of aromatic nitrogens is 2. The van der Waals surface area contributed by atoms with Crippen molar-refractivity contribution in [3.05, 3.63) is 62.9 Å². The van der Waals surface area contributed by atoms with Crippen LogP contribution in [-0.2, 0) is 15.0 Å². The molecule has 1 atom stereocenters. The van der Waals surface area contributed by atoms with E-state index < -0.39 is 0 Å². The minimum absolute atomic E-state index is 0.0634. The van der Waals surface area contributed by atoms with Gasteiger partial charge in [0, 0.05) is 27.4 Å². The number of carbonyl (C=O) groups excluding carboxylic acids is 2. The molecular formula is C26H31ClN4O2S2. The molecule has 1 unspecified atom stereocenters. The van der Waals surface area contributed by atoms with Gasteiger partial charge in [0.05, 0.1) is 22.4 Å². The first-order chi connectivity index (χ1) is 16.6. The van der Waals surface area contributed by atoms with Gasteiger partial charge in [-0.1, -0.05) is 58.4 Å². The number of rotatable bonds is 6. The van der Waals surface area contributed by atoms with Gasteiger partial charge in [-0.3, -0.25) is 14.5 Å². The molecule has 3 aromatic rings. The summed E-state index contributed by atoms with van der Waals surface area (Å²) in [5, 5.41) is 10.6. The van der Waals surface area contributed by atoms with Gasteiger partial charge in [-0.15, -0.1) is 23.1 Å². The van der Waals surface area contributed by atoms with E-state index in [1.165, 1.54) is 0 Å². The van der Waals surface area contributed by atoms with Gasteiger partial charge < -0.3 is 5.32 Å². The zero-order chi connectivity index (χ0) is 25.3. The van der Waals surface area contributed by atoms with Gasteiger partial charge in [-0.05, 0) is 35.6 Å². The maximum Gasteiger partial charge on any atom is 0.240 e. The lowest BCUT2D eigenvalue weighted by molar-refractivity contribution is -0.123. The molecule has 3 heterocycles. The minimum atomic E-state index is -0.289. The third-order valence-corrected chi connectivity index (χ3v) is 8.22. The molecule has 1 N–H and O–H groups in total. The highest BCUT2D eigenvalue weighted by Gasteiger charge is 2.40. The Bertz CT molecular complexity index is 1210. The molecule has 9 heteroatoms. The van der Waals surface area contributed by atoms with E-state index in [0.717, 1.165) is 21.8 Å². The summed E-state index contributed by atoms with van der Waals surface area (Å²) >= 11 is 9.61. The Labute approximate surface area is 220 Å². The highest BCUT2D eigenvalue weighted by atomic mass is 35.5. The maximum atomic E-state index is 13.5. The fourth-order valence-electron chi connectivity index (χ4n) is 4.04. The normalized spacial score (nSPS) is 16.4. The molecule has 1 aromatic carbocycles. The third kappa shape index (κ3) is 5.60. The highest BCUT2D eigenvalue weighted by Crippen LogP contribution is 2.49. The highest BCUT2D eigenvalue weighted by molar-refractivity contribution is 8.00. The number of carbonyl (C=O) groups is 2. The van der Waals surface area contributed by atoms with Crippen molar-refractivity contribution in [3.8, 4) is 5.69 Å². The number of benzene rings is 1. The topological polar surface area (TPSA) is 67.2 Å². The van der Waals surface area contributed by atoms with E-state index in [0.29, 0.717) is 23.3 Å². The molecule has 186 valence electrons. The van der Waals surface area contributed by atoms with Crippen LogP contribution in [0.25, 0.3) is 5.69 Å². The van der Waals surface area contributed by atoms with E-state index in [1.807, 2.05) is 44.2 Å². The van der Waals surface area contributed by atoms with E-state index in [2.05, 4.69) is 37.5 Å². The first-order valence-electron chi connectivity index (χ1n) is 11.7. The Kier molecular flexibility index (Phi) is 7.64. The first kappa shape index (κ1) is 25.8. The van der Waals surface area contributed by atoms with E-state index in [-0.39, 0.29) is 34.8 Å². The molecular weight excluding hydrogens is 500 g/mol. The summed E-state index contributed by atoms with van der Waals surface area (Å²) in [4.78, 5) is 29.2. The lowest BCUT2D eigenvalue weighted by atomic mass is 9.88. The van der Waals surface area contributed by atoms with E-state index >= 15 is 0 Å². The van der Waals surface area contributed by atoms with Crippen molar-refractivity contribution in [1.82, 2.24) is 15.1 Å². The van der Waals surface area contributed by atoms with Gasteiger partial charge in [-0.25, -0.2) is 4.68 Å². The van der Waals surface area contributed by atoms with Gasteiger partial charge >= 0.3 is 0 Å². The zero-order valence-corrected chi connectivity index (χ0v) is 23.1. The maximum absolute atomic E-state index is 13.5. The molecule has 0 saturated heterocycles. The summed E-state index contributed by atoms with van der Waals surface area (Å²) in [5.74, 6) is 0.934. The molecule has 1 aliphatic heterocycles. The van der Waals surface area contributed by atoms with Crippen molar-refractivity contribution < 1.29 is 9.59 Å². The Morgan fingerprint density at radius 2 is 2.03 bits per heavy atom. The number of thioether (sulfide) groups is 1. The van der Waals surface area contributed by atoms with Gasteiger partial charge in [-0.2, -0.15) is 5.10 Å². The Balaban J connectivity index is 1.95. The quantitative estimate of drug-likeness (QED) is 0.435. The second kappa shape index (κ2) is 10.4. The van der Waals surface area contributed by atoms with Crippen LogP contribution in [0, 0.1) is 5.92 Å². The average Bonchev–Trinajstić information content (AvgIpc) is 3.42. The standard InChI is InChI=1S/C26H31ClN4O2S2/c1-16(2)13-28-20(32)14-30-21(33)15-35-23(19-10-7-11-34-19)22-24(26(3,4)5)29-31(25(22)30)18-9-6-8-17(27)12-18/h6-12,16,23H,13-15H2,1-5H3,(H,28,32). The molecule has 1 aliphatic rings. The smallest absolute Gasteiger partial charge is 0.240 e. The molecule has 0 aliphatic carbocycles. The fourth-order valence-corrected chi connectivity index (χ4v) is 6.40. The van der Waals surface area contributed by atoms with E-state index in [4.69, 9.17) is 16.7 Å². The monoisotopic (exact) mass is 530 g/mol. The van der Waals surface area contributed by atoms with Gasteiger partial charge in [0.15, 0.2) is 0 Å². The van der Waals surface area contributed by atoms with Crippen LogP contribution in [0.1, 0.15) is 56.0 Å². The van der Waals surface area contributed by atoms with Crippen molar-refractivity contribution in [2.24, 2.45) is 5.92 Å². The van der Waals surface area contributed by atoms with E-state index in [9.17, 15) is 9.59 Å². The summed E-state index contributed by atoms with van der Waals surface area (Å²) in [6.45, 7) is 11.0. The Morgan fingerprint density at radius 3 is 2.66 bits per heavy atom. The van der Waals surface area contributed by atoms with Crippen LogP contribution >= 0.6 is 34.7 Å². The van der Waals surface area contributed by atoms with Crippen LogP contribution in [0.2, 0.25) is 5.02 Å². The van der Waals surface area contributed by atoms with Gasteiger partial charge in [0.1, 0.15) is 12.4 Å². The summed E-state index contributed by atoms with van der Waals surface area (Å²) in [7, 11) is 0. The molecule has 0 bridgehead atoms. The summed E-state index contributed by atoms with van der Waals surface area (Å²) in [6, 6.07) is 11.6. The summed E-state index contributed by atoms with van der Waals surface area (Å²) < 4.78 is 1.79.